The zero-order chi connectivity index (χ0) is 17.1. The second-order valence-electron chi connectivity index (χ2n) is 5.71. The fourth-order valence-electron chi connectivity index (χ4n) is 2.54. The second kappa shape index (κ2) is 6.80. The van der Waals surface area contributed by atoms with Crippen molar-refractivity contribution in [2.75, 3.05) is 11.9 Å². The number of carbonyl (C=O) groups is 1. The highest BCUT2D eigenvalue weighted by atomic mass is 16.3. The number of rotatable bonds is 6. The third kappa shape index (κ3) is 3.14. The molecule has 1 atom stereocenters. The van der Waals surface area contributed by atoms with E-state index in [2.05, 4.69) is 15.4 Å². The van der Waals surface area contributed by atoms with Crippen LogP contribution in [0.2, 0.25) is 0 Å². The monoisotopic (exact) mass is 324 g/mol. The molecule has 2 N–H and O–H groups in total. The van der Waals surface area contributed by atoms with Crippen LogP contribution in [0.3, 0.4) is 0 Å². The Morgan fingerprint density at radius 1 is 1.38 bits per heavy atom. The van der Waals surface area contributed by atoms with E-state index in [0.29, 0.717) is 17.0 Å². The molecule has 124 valence electrons. The third-order valence-electron chi connectivity index (χ3n) is 4.01. The molecule has 1 unspecified atom stereocenters. The van der Waals surface area contributed by atoms with Gasteiger partial charge in [0.15, 0.2) is 11.4 Å². The Labute approximate surface area is 140 Å². The summed E-state index contributed by atoms with van der Waals surface area (Å²) in [7, 11) is 0. The van der Waals surface area contributed by atoms with Gasteiger partial charge >= 0.3 is 0 Å². The summed E-state index contributed by atoms with van der Waals surface area (Å²) >= 11 is 0. The van der Waals surface area contributed by atoms with Crippen LogP contribution in [0, 0.1) is 0 Å². The molecule has 0 bridgehead atoms. The van der Waals surface area contributed by atoms with E-state index >= 15 is 0 Å². The number of hydrogen-bond acceptors (Lipinski definition) is 5. The van der Waals surface area contributed by atoms with Crippen LogP contribution in [0.15, 0.2) is 42.7 Å². The quantitative estimate of drug-likeness (QED) is 0.682. The lowest BCUT2D eigenvalue weighted by molar-refractivity contribution is 0.101. The number of nitrogens with one attached hydrogen (secondary N) is 1. The first kappa shape index (κ1) is 16.1. The molecule has 1 aromatic carbocycles. The normalized spacial score (nSPS) is 12.3. The Hall–Kier alpha value is -2.73. The Morgan fingerprint density at radius 3 is 2.92 bits per heavy atom. The number of nitrogens with zero attached hydrogens (tertiary/aromatic N) is 3. The molecule has 0 aliphatic carbocycles. The molecular weight excluding hydrogens is 304 g/mol. The first-order chi connectivity index (χ1) is 11.6. The molecule has 2 aromatic heterocycles. The molecule has 6 nitrogen and oxygen atoms in total. The summed E-state index contributed by atoms with van der Waals surface area (Å²) in [5.41, 5.74) is 3.12. The van der Waals surface area contributed by atoms with Gasteiger partial charge in [0, 0.05) is 17.3 Å². The molecule has 0 aliphatic heterocycles. The highest BCUT2D eigenvalue weighted by molar-refractivity contribution is 5.95. The van der Waals surface area contributed by atoms with E-state index in [1.165, 1.54) is 0 Å². The number of fused-ring (bicyclic) bond motifs is 1. The summed E-state index contributed by atoms with van der Waals surface area (Å²) in [4.78, 5) is 16.2. The smallest absolute Gasteiger partial charge is 0.165 e. The molecule has 0 amide bonds. The third-order valence-corrected chi connectivity index (χ3v) is 4.01. The average molecular weight is 324 g/mol. The van der Waals surface area contributed by atoms with Crippen LogP contribution in [0.1, 0.15) is 30.6 Å². The summed E-state index contributed by atoms with van der Waals surface area (Å²) in [5, 5.41) is 16.9. The van der Waals surface area contributed by atoms with Crippen LogP contribution in [0.25, 0.3) is 16.8 Å². The first-order valence-corrected chi connectivity index (χ1v) is 7.95. The molecule has 6 heteroatoms. The topological polar surface area (TPSA) is 79.5 Å². The largest absolute Gasteiger partial charge is 0.394 e. The van der Waals surface area contributed by atoms with Crippen LogP contribution in [0.5, 0.6) is 0 Å². The summed E-state index contributed by atoms with van der Waals surface area (Å²) in [5.74, 6) is 0.713. The van der Waals surface area contributed by atoms with E-state index < -0.39 is 0 Å². The second-order valence-corrected chi connectivity index (χ2v) is 5.71. The highest BCUT2D eigenvalue weighted by Crippen LogP contribution is 2.25. The lowest BCUT2D eigenvalue weighted by Crippen LogP contribution is -2.23. The lowest BCUT2D eigenvalue weighted by atomic mass is 10.0. The van der Waals surface area contributed by atoms with Gasteiger partial charge in [0.05, 0.1) is 18.8 Å². The summed E-state index contributed by atoms with van der Waals surface area (Å²) in [6, 6.07) is 9.24. The van der Waals surface area contributed by atoms with Crippen molar-refractivity contribution in [1.29, 1.82) is 0 Å². The maximum atomic E-state index is 11.6. The van der Waals surface area contributed by atoms with E-state index in [1.807, 2.05) is 37.4 Å². The van der Waals surface area contributed by atoms with E-state index in [9.17, 15) is 9.90 Å². The van der Waals surface area contributed by atoms with Crippen molar-refractivity contribution < 1.29 is 9.90 Å². The van der Waals surface area contributed by atoms with Gasteiger partial charge in [-0.3, -0.25) is 4.79 Å². The summed E-state index contributed by atoms with van der Waals surface area (Å²) < 4.78 is 1.70. The minimum Gasteiger partial charge on any atom is -0.394 e. The number of aliphatic hydroxyl groups is 1. The van der Waals surface area contributed by atoms with Gasteiger partial charge in [-0.05, 0) is 31.0 Å². The number of aliphatic hydroxyl groups excluding tert-OH is 1. The van der Waals surface area contributed by atoms with Gasteiger partial charge in [0.25, 0.3) is 0 Å². The fourth-order valence-corrected chi connectivity index (χ4v) is 2.54. The molecule has 24 heavy (non-hydrogen) atoms. The number of anilines is 1. The van der Waals surface area contributed by atoms with Crippen molar-refractivity contribution >= 4 is 17.2 Å². The van der Waals surface area contributed by atoms with Crippen molar-refractivity contribution in [2.24, 2.45) is 0 Å². The number of ketones is 1. The van der Waals surface area contributed by atoms with Gasteiger partial charge in [-0.25, -0.2) is 9.50 Å². The van der Waals surface area contributed by atoms with E-state index in [4.69, 9.17) is 0 Å². The average Bonchev–Trinajstić information content (AvgIpc) is 3.03. The molecule has 0 spiro atoms. The maximum Gasteiger partial charge on any atom is 0.165 e. The van der Waals surface area contributed by atoms with Gasteiger partial charge in [0.2, 0.25) is 0 Å². The van der Waals surface area contributed by atoms with Gasteiger partial charge in [0.1, 0.15) is 5.82 Å². The van der Waals surface area contributed by atoms with Crippen molar-refractivity contribution in [3.8, 4) is 11.1 Å². The highest BCUT2D eigenvalue weighted by Gasteiger charge is 2.12. The van der Waals surface area contributed by atoms with Crippen molar-refractivity contribution in [1.82, 2.24) is 14.6 Å². The van der Waals surface area contributed by atoms with Gasteiger partial charge in [-0.2, -0.15) is 5.10 Å². The predicted molar refractivity (Wildman–Crippen MR) is 93.2 cm³/mol. The maximum absolute atomic E-state index is 11.6. The summed E-state index contributed by atoms with van der Waals surface area (Å²) in [6.45, 7) is 3.61. The van der Waals surface area contributed by atoms with Crippen LogP contribution in [-0.2, 0) is 0 Å². The van der Waals surface area contributed by atoms with Crippen molar-refractivity contribution in [3.63, 3.8) is 0 Å². The number of hydrogen-bond donors (Lipinski definition) is 2. The first-order valence-electron chi connectivity index (χ1n) is 7.95. The predicted octanol–water partition coefficient (Wildman–Crippen LogP) is 2.78. The van der Waals surface area contributed by atoms with Crippen LogP contribution >= 0.6 is 0 Å². The number of benzene rings is 1. The zero-order valence-corrected chi connectivity index (χ0v) is 13.7. The molecule has 2 heterocycles. The Bertz CT molecular complexity index is 868. The lowest BCUT2D eigenvalue weighted by Gasteiger charge is -2.14. The van der Waals surface area contributed by atoms with Crippen molar-refractivity contribution in [3.05, 3.63) is 48.3 Å². The van der Waals surface area contributed by atoms with E-state index in [0.717, 1.165) is 17.5 Å². The van der Waals surface area contributed by atoms with Crippen LogP contribution < -0.4 is 5.32 Å². The minimum atomic E-state index is -0.0348. The molecule has 0 saturated carbocycles. The number of aromatic nitrogens is 3. The molecule has 3 rings (SSSR count). The van der Waals surface area contributed by atoms with Gasteiger partial charge in [-0.15, -0.1) is 0 Å². The molecule has 0 fully saturated rings. The Kier molecular flexibility index (Phi) is 4.57. The van der Waals surface area contributed by atoms with Crippen molar-refractivity contribution in [2.45, 2.75) is 26.3 Å². The molecular formula is C18H20N4O2. The SMILES string of the molecule is CCC(CO)Nc1ccn2ncc(-c3cccc(C(C)=O)c3)c2n1. The summed E-state index contributed by atoms with van der Waals surface area (Å²) in [6.07, 6.45) is 4.37. The van der Waals surface area contributed by atoms with Crippen LogP contribution in [0.4, 0.5) is 5.82 Å². The standard InChI is InChI=1S/C18H20N4O2/c1-3-15(11-23)20-17-7-8-22-18(21-17)16(10-19-22)14-6-4-5-13(9-14)12(2)24/h4-10,15,23H,3,11H2,1-2H3,(H,20,21). The Morgan fingerprint density at radius 2 is 2.21 bits per heavy atom. The number of Topliss-reactive ketones (excluding diaryl/α,β-unsaturated/α-hetero) is 1. The van der Waals surface area contributed by atoms with E-state index in [-0.39, 0.29) is 18.4 Å². The van der Waals surface area contributed by atoms with Crippen LogP contribution in [-0.4, -0.2) is 38.1 Å². The molecule has 0 aliphatic rings. The molecule has 0 radical (unpaired) electrons. The van der Waals surface area contributed by atoms with E-state index in [1.54, 1.807) is 23.7 Å². The minimum absolute atomic E-state index is 0.0253. The fraction of sp³-hybridized carbons (Fsp3) is 0.278. The zero-order valence-electron chi connectivity index (χ0n) is 13.7. The van der Waals surface area contributed by atoms with Gasteiger partial charge in [-0.1, -0.05) is 25.1 Å². The Balaban J connectivity index is 2.02. The van der Waals surface area contributed by atoms with Gasteiger partial charge < -0.3 is 10.4 Å². The molecule has 0 saturated heterocycles. The molecule has 3 aromatic rings. The number of carbonyl (C=O) groups excluding carboxylic acids is 1.